The number of hydrogen-bond acceptors (Lipinski definition) is 2. The van der Waals surface area contributed by atoms with Gasteiger partial charge in [0, 0.05) is 4.70 Å². The summed E-state index contributed by atoms with van der Waals surface area (Å²) >= 11 is 1.73. The maximum Gasteiger partial charge on any atom is 0.124 e. The third-order valence-electron chi connectivity index (χ3n) is 3.73. The molecule has 0 bridgehead atoms. The van der Waals surface area contributed by atoms with Gasteiger partial charge >= 0.3 is 0 Å². The lowest BCUT2D eigenvalue weighted by Gasteiger charge is -2.30. The fourth-order valence-corrected chi connectivity index (χ4v) is 3.78. The predicted molar refractivity (Wildman–Crippen MR) is 78.4 cm³/mol. The molecule has 1 aliphatic rings. The Bertz CT molecular complexity index is 540. The summed E-state index contributed by atoms with van der Waals surface area (Å²) < 4.78 is 14.9. The standard InChI is InChI=1S/C14H16FNS.ClH/c1-9-8-16-4-2-12(9)13-7-11(15)6-10-3-5-17-14(10)13;/h3,5-7,9,12,16H,2,4,8H2,1H3;1H/t9-,12+;/m0./s1. The van der Waals surface area contributed by atoms with Crippen LogP contribution in [0.1, 0.15) is 24.8 Å². The SMILES string of the molecule is C[C@H]1CNCC[C@H]1c1cc(F)cc2ccsc12.Cl. The van der Waals surface area contributed by atoms with Crippen LogP contribution in [0, 0.1) is 11.7 Å². The van der Waals surface area contributed by atoms with Crippen LogP contribution in [0.3, 0.4) is 0 Å². The quantitative estimate of drug-likeness (QED) is 0.829. The van der Waals surface area contributed by atoms with Crippen molar-refractivity contribution in [3.8, 4) is 0 Å². The van der Waals surface area contributed by atoms with Crippen molar-refractivity contribution >= 4 is 33.8 Å². The molecule has 0 aliphatic carbocycles. The number of thiophene rings is 1. The molecule has 3 rings (SSSR count). The van der Waals surface area contributed by atoms with Crippen molar-refractivity contribution in [1.29, 1.82) is 0 Å². The molecule has 2 atom stereocenters. The first-order valence-electron chi connectivity index (χ1n) is 6.13. The average molecular weight is 286 g/mol. The minimum Gasteiger partial charge on any atom is -0.316 e. The number of fused-ring (bicyclic) bond motifs is 1. The Morgan fingerprint density at radius 3 is 3.00 bits per heavy atom. The highest BCUT2D eigenvalue weighted by molar-refractivity contribution is 7.17. The second-order valence-corrected chi connectivity index (χ2v) is 5.83. The molecule has 1 fully saturated rings. The van der Waals surface area contributed by atoms with Crippen molar-refractivity contribution in [2.75, 3.05) is 13.1 Å². The Labute approximate surface area is 117 Å². The molecule has 1 saturated heterocycles. The first kappa shape index (κ1) is 13.8. The summed E-state index contributed by atoms with van der Waals surface area (Å²) in [5.41, 5.74) is 1.21. The maximum atomic E-state index is 13.6. The molecule has 0 radical (unpaired) electrons. The van der Waals surface area contributed by atoms with Crippen LogP contribution < -0.4 is 5.32 Å². The van der Waals surface area contributed by atoms with Crippen LogP contribution in [-0.4, -0.2) is 13.1 Å². The lowest BCUT2D eigenvalue weighted by atomic mass is 9.82. The first-order valence-corrected chi connectivity index (χ1v) is 7.01. The van der Waals surface area contributed by atoms with Crippen molar-refractivity contribution < 1.29 is 4.39 Å². The van der Waals surface area contributed by atoms with Gasteiger partial charge in [-0.05, 0) is 65.9 Å². The normalized spacial score (nSPS) is 23.9. The Kier molecular flexibility index (Phi) is 4.25. The molecule has 2 heterocycles. The summed E-state index contributed by atoms with van der Waals surface area (Å²) in [5, 5.41) is 6.51. The first-order chi connectivity index (χ1) is 8.25. The van der Waals surface area contributed by atoms with E-state index in [1.165, 1.54) is 10.3 Å². The maximum absolute atomic E-state index is 13.6. The minimum atomic E-state index is -0.100. The van der Waals surface area contributed by atoms with Gasteiger partial charge in [-0.1, -0.05) is 6.92 Å². The van der Waals surface area contributed by atoms with Crippen LogP contribution in [0.25, 0.3) is 10.1 Å². The van der Waals surface area contributed by atoms with Gasteiger partial charge in [0.2, 0.25) is 0 Å². The molecule has 0 saturated carbocycles. The molecule has 1 nitrogen and oxygen atoms in total. The lowest BCUT2D eigenvalue weighted by Crippen LogP contribution is -2.33. The van der Waals surface area contributed by atoms with Gasteiger partial charge in [0.1, 0.15) is 5.82 Å². The predicted octanol–water partition coefficient (Wildman–Crippen LogP) is 4.18. The number of benzene rings is 1. The molecule has 0 spiro atoms. The molecule has 98 valence electrons. The molecular formula is C14H17ClFNS. The highest BCUT2D eigenvalue weighted by atomic mass is 35.5. The number of piperidine rings is 1. The fraction of sp³-hybridized carbons (Fsp3) is 0.429. The van der Waals surface area contributed by atoms with Crippen LogP contribution in [0.2, 0.25) is 0 Å². The zero-order valence-corrected chi connectivity index (χ0v) is 11.9. The van der Waals surface area contributed by atoms with Crippen molar-refractivity contribution in [3.63, 3.8) is 0 Å². The zero-order valence-electron chi connectivity index (χ0n) is 10.3. The molecular weight excluding hydrogens is 269 g/mol. The van der Waals surface area contributed by atoms with Gasteiger partial charge in [0.25, 0.3) is 0 Å². The summed E-state index contributed by atoms with van der Waals surface area (Å²) in [7, 11) is 0. The Morgan fingerprint density at radius 2 is 2.22 bits per heavy atom. The van der Waals surface area contributed by atoms with Gasteiger partial charge in [0.15, 0.2) is 0 Å². The van der Waals surface area contributed by atoms with E-state index in [2.05, 4.69) is 17.6 Å². The molecule has 0 amide bonds. The molecule has 2 aromatic rings. The summed E-state index contributed by atoms with van der Waals surface area (Å²) in [6.45, 7) is 4.33. The monoisotopic (exact) mass is 285 g/mol. The number of nitrogens with one attached hydrogen (secondary N) is 1. The second-order valence-electron chi connectivity index (χ2n) is 4.91. The number of rotatable bonds is 1. The van der Waals surface area contributed by atoms with Crippen LogP contribution in [0.5, 0.6) is 0 Å². The summed E-state index contributed by atoms with van der Waals surface area (Å²) in [6, 6.07) is 5.39. The third kappa shape index (κ3) is 2.40. The van der Waals surface area contributed by atoms with E-state index in [-0.39, 0.29) is 18.2 Å². The highest BCUT2D eigenvalue weighted by Gasteiger charge is 2.25. The average Bonchev–Trinajstić information content (AvgIpc) is 2.76. The minimum absolute atomic E-state index is 0. The number of halogens is 2. The summed E-state index contributed by atoms with van der Waals surface area (Å²) in [4.78, 5) is 0. The Hall–Kier alpha value is -0.640. The van der Waals surface area contributed by atoms with E-state index in [1.807, 2.05) is 6.07 Å². The van der Waals surface area contributed by atoms with Gasteiger partial charge < -0.3 is 5.32 Å². The van der Waals surface area contributed by atoms with Crippen LogP contribution in [-0.2, 0) is 0 Å². The van der Waals surface area contributed by atoms with E-state index < -0.39 is 0 Å². The summed E-state index contributed by atoms with van der Waals surface area (Å²) in [6.07, 6.45) is 1.11. The van der Waals surface area contributed by atoms with E-state index in [9.17, 15) is 4.39 Å². The van der Waals surface area contributed by atoms with E-state index in [0.29, 0.717) is 11.8 Å². The van der Waals surface area contributed by atoms with E-state index in [0.717, 1.165) is 24.9 Å². The third-order valence-corrected chi connectivity index (χ3v) is 4.71. The van der Waals surface area contributed by atoms with Gasteiger partial charge in [-0.3, -0.25) is 0 Å². The van der Waals surface area contributed by atoms with Crippen molar-refractivity contribution in [2.45, 2.75) is 19.3 Å². The Balaban J connectivity index is 0.00000120. The lowest BCUT2D eigenvalue weighted by molar-refractivity contribution is 0.350. The van der Waals surface area contributed by atoms with Gasteiger partial charge in [-0.2, -0.15) is 0 Å². The largest absolute Gasteiger partial charge is 0.316 e. The van der Waals surface area contributed by atoms with Crippen LogP contribution >= 0.6 is 23.7 Å². The van der Waals surface area contributed by atoms with E-state index in [4.69, 9.17) is 0 Å². The van der Waals surface area contributed by atoms with Gasteiger partial charge in [-0.25, -0.2) is 4.39 Å². The van der Waals surface area contributed by atoms with E-state index >= 15 is 0 Å². The van der Waals surface area contributed by atoms with Crippen molar-refractivity contribution in [1.82, 2.24) is 5.32 Å². The van der Waals surface area contributed by atoms with Crippen molar-refractivity contribution in [3.05, 3.63) is 35.0 Å². The number of hydrogen-bond donors (Lipinski definition) is 1. The zero-order chi connectivity index (χ0) is 11.8. The molecule has 1 aromatic carbocycles. The molecule has 18 heavy (non-hydrogen) atoms. The molecule has 1 aromatic heterocycles. The summed E-state index contributed by atoms with van der Waals surface area (Å²) in [5.74, 6) is 0.973. The van der Waals surface area contributed by atoms with Crippen molar-refractivity contribution in [2.24, 2.45) is 5.92 Å². The molecule has 1 aliphatic heterocycles. The smallest absolute Gasteiger partial charge is 0.124 e. The topological polar surface area (TPSA) is 12.0 Å². The second kappa shape index (κ2) is 5.55. The molecule has 1 N–H and O–H groups in total. The van der Waals surface area contributed by atoms with Crippen LogP contribution in [0.15, 0.2) is 23.6 Å². The molecule has 0 unspecified atom stereocenters. The highest BCUT2D eigenvalue weighted by Crippen LogP contribution is 2.37. The Morgan fingerprint density at radius 1 is 1.39 bits per heavy atom. The van der Waals surface area contributed by atoms with E-state index in [1.54, 1.807) is 23.5 Å². The van der Waals surface area contributed by atoms with Gasteiger partial charge in [-0.15, -0.1) is 23.7 Å². The fourth-order valence-electron chi connectivity index (χ4n) is 2.82. The molecule has 4 heteroatoms. The van der Waals surface area contributed by atoms with Crippen LogP contribution in [0.4, 0.5) is 4.39 Å². The van der Waals surface area contributed by atoms with Gasteiger partial charge in [0.05, 0.1) is 0 Å².